The number of hydrogen-bond donors (Lipinski definition) is 1. The number of carbonyl (C=O) groups is 2. The quantitative estimate of drug-likeness (QED) is 0.623. The van der Waals surface area contributed by atoms with Gasteiger partial charge in [0.2, 0.25) is 0 Å². The van der Waals surface area contributed by atoms with Crippen molar-refractivity contribution in [3.8, 4) is 0 Å². The molecule has 2 heterocycles. The molecule has 3 rings (SSSR count). The fourth-order valence-electron chi connectivity index (χ4n) is 2.80. The van der Waals surface area contributed by atoms with E-state index in [1.165, 1.54) is 7.11 Å². The number of benzene rings is 1. The average molecular weight is 390 g/mol. The molecule has 7 heteroatoms. The third-order valence-corrected chi connectivity index (χ3v) is 4.39. The summed E-state index contributed by atoms with van der Waals surface area (Å²) in [5, 5.41) is 3.17. The summed E-state index contributed by atoms with van der Waals surface area (Å²) in [6, 6.07) is 12.5. The van der Waals surface area contributed by atoms with E-state index in [1.54, 1.807) is 61.0 Å². The molecule has 0 saturated carbocycles. The summed E-state index contributed by atoms with van der Waals surface area (Å²) in [6.07, 6.45) is 7.40. The Balaban J connectivity index is 1.67. The van der Waals surface area contributed by atoms with Crippen LogP contribution in [0.15, 0.2) is 67.3 Å². The van der Waals surface area contributed by atoms with Crippen molar-refractivity contribution in [2.75, 3.05) is 26.0 Å². The van der Waals surface area contributed by atoms with Crippen molar-refractivity contribution in [1.82, 2.24) is 14.9 Å². The van der Waals surface area contributed by atoms with Gasteiger partial charge in [0.15, 0.2) is 0 Å². The number of amides is 1. The second kappa shape index (κ2) is 9.45. The summed E-state index contributed by atoms with van der Waals surface area (Å²) in [7, 11) is 3.11. The fourth-order valence-corrected chi connectivity index (χ4v) is 2.80. The van der Waals surface area contributed by atoms with Crippen LogP contribution in [-0.2, 0) is 11.2 Å². The van der Waals surface area contributed by atoms with Crippen LogP contribution in [0.25, 0.3) is 0 Å². The standard InChI is InChI=1S/C22H22N4O3/c1-26(11-8-16-6-9-23-10-7-16)21(27)18-13-20(15-24-14-18)25-19-5-3-4-17(12-19)22(28)29-2/h3-7,9-10,12-15,25H,8,11H2,1-2H3. The molecule has 0 radical (unpaired) electrons. The summed E-state index contributed by atoms with van der Waals surface area (Å²) in [5.41, 5.74) is 3.40. The second-order valence-electron chi connectivity index (χ2n) is 6.49. The Hall–Kier alpha value is -3.74. The third-order valence-electron chi connectivity index (χ3n) is 4.39. The number of ether oxygens (including phenoxy) is 1. The molecule has 0 unspecified atom stereocenters. The van der Waals surface area contributed by atoms with Gasteiger partial charge in [-0.25, -0.2) is 4.79 Å². The zero-order chi connectivity index (χ0) is 20.6. The molecule has 1 N–H and O–H groups in total. The smallest absolute Gasteiger partial charge is 0.337 e. The SMILES string of the molecule is COC(=O)c1cccc(Nc2cncc(C(=O)N(C)CCc3ccncc3)c2)c1. The molecule has 29 heavy (non-hydrogen) atoms. The minimum Gasteiger partial charge on any atom is -0.465 e. The molecule has 7 nitrogen and oxygen atoms in total. The largest absolute Gasteiger partial charge is 0.465 e. The number of aromatic nitrogens is 2. The maximum Gasteiger partial charge on any atom is 0.337 e. The van der Waals surface area contributed by atoms with E-state index >= 15 is 0 Å². The minimum atomic E-state index is -0.411. The van der Waals surface area contributed by atoms with Crippen LogP contribution in [0.1, 0.15) is 26.3 Å². The van der Waals surface area contributed by atoms with Gasteiger partial charge < -0.3 is 15.0 Å². The number of nitrogens with one attached hydrogen (secondary N) is 1. The molecule has 0 bridgehead atoms. The molecule has 0 aliphatic carbocycles. The first kappa shape index (κ1) is 20.0. The number of rotatable bonds is 7. The molecule has 1 aromatic carbocycles. The number of methoxy groups -OCH3 is 1. The summed E-state index contributed by atoms with van der Waals surface area (Å²) < 4.78 is 4.74. The first-order chi connectivity index (χ1) is 14.1. The third kappa shape index (κ3) is 5.38. The van der Waals surface area contributed by atoms with Crippen molar-refractivity contribution in [3.63, 3.8) is 0 Å². The molecule has 3 aromatic rings. The van der Waals surface area contributed by atoms with E-state index < -0.39 is 5.97 Å². The zero-order valence-corrected chi connectivity index (χ0v) is 16.3. The van der Waals surface area contributed by atoms with Gasteiger partial charge in [0.1, 0.15) is 0 Å². The summed E-state index contributed by atoms with van der Waals surface area (Å²) in [5.74, 6) is -0.523. The predicted molar refractivity (Wildman–Crippen MR) is 110 cm³/mol. The van der Waals surface area contributed by atoms with E-state index in [0.29, 0.717) is 29.0 Å². The number of esters is 1. The number of nitrogens with zero attached hydrogens (tertiary/aromatic N) is 3. The molecular weight excluding hydrogens is 368 g/mol. The number of carbonyl (C=O) groups excluding carboxylic acids is 2. The van der Waals surface area contributed by atoms with Gasteiger partial charge in [-0.3, -0.25) is 14.8 Å². The number of likely N-dealkylation sites (N-methyl/N-ethyl adjacent to an activating group) is 1. The number of anilines is 2. The number of hydrogen-bond acceptors (Lipinski definition) is 6. The topological polar surface area (TPSA) is 84.4 Å². The Bertz CT molecular complexity index is 992. The van der Waals surface area contributed by atoms with Gasteiger partial charge in [-0.2, -0.15) is 0 Å². The Morgan fingerprint density at radius 1 is 1.00 bits per heavy atom. The van der Waals surface area contributed by atoms with E-state index in [9.17, 15) is 9.59 Å². The lowest BCUT2D eigenvalue weighted by Crippen LogP contribution is -2.29. The van der Waals surface area contributed by atoms with Crippen LogP contribution >= 0.6 is 0 Å². The van der Waals surface area contributed by atoms with Gasteiger partial charge in [-0.05, 0) is 48.4 Å². The molecule has 148 valence electrons. The highest BCUT2D eigenvalue weighted by molar-refractivity contribution is 5.95. The molecule has 2 aromatic heterocycles. The van der Waals surface area contributed by atoms with Crippen LogP contribution in [0.4, 0.5) is 11.4 Å². The van der Waals surface area contributed by atoms with E-state index in [2.05, 4.69) is 15.3 Å². The lowest BCUT2D eigenvalue weighted by atomic mass is 10.1. The second-order valence-corrected chi connectivity index (χ2v) is 6.49. The van der Waals surface area contributed by atoms with Gasteiger partial charge in [-0.15, -0.1) is 0 Å². The van der Waals surface area contributed by atoms with Crippen molar-refractivity contribution in [1.29, 1.82) is 0 Å². The van der Waals surface area contributed by atoms with Gasteiger partial charge in [0.05, 0.1) is 30.1 Å². The Labute approximate surface area is 169 Å². The van der Waals surface area contributed by atoms with Gasteiger partial charge in [-0.1, -0.05) is 6.07 Å². The van der Waals surface area contributed by atoms with Crippen LogP contribution in [0, 0.1) is 0 Å². The molecule has 0 aliphatic rings. The van der Waals surface area contributed by atoms with Gasteiger partial charge in [0, 0.05) is 37.9 Å². The zero-order valence-electron chi connectivity index (χ0n) is 16.3. The van der Waals surface area contributed by atoms with Crippen molar-refractivity contribution in [2.24, 2.45) is 0 Å². The highest BCUT2D eigenvalue weighted by Crippen LogP contribution is 2.19. The minimum absolute atomic E-state index is 0.112. The van der Waals surface area contributed by atoms with Crippen LogP contribution in [0.2, 0.25) is 0 Å². The summed E-state index contributed by atoms with van der Waals surface area (Å²) in [6.45, 7) is 0.585. The molecule has 0 saturated heterocycles. The maximum atomic E-state index is 12.7. The van der Waals surface area contributed by atoms with E-state index in [0.717, 1.165) is 12.0 Å². The number of pyridine rings is 2. The van der Waals surface area contributed by atoms with Crippen LogP contribution in [0.3, 0.4) is 0 Å². The normalized spacial score (nSPS) is 10.3. The van der Waals surface area contributed by atoms with Crippen LogP contribution < -0.4 is 5.32 Å². The average Bonchev–Trinajstić information content (AvgIpc) is 2.77. The molecule has 0 spiro atoms. The highest BCUT2D eigenvalue weighted by Gasteiger charge is 2.13. The highest BCUT2D eigenvalue weighted by atomic mass is 16.5. The van der Waals surface area contributed by atoms with E-state index in [4.69, 9.17) is 4.74 Å². The monoisotopic (exact) mass is 390 g/mol. The lowest BCUT2D eigenvalue weighted by Gasteiger charge is -2.17. The van der Waals surface area contributed by atoms with Crippen LogP contribution in [0.5, 0.6) is 0 Å². The Morgan fingerprint density at radius 2 is 1.76 bits per heavy atom. The van der Waals surface area contributed by atoms with Gasteiger partial charge >= 0.3 is 5.97 Å². The molecule has 0 atom stereocenters. The van der Waals surface area contributed by atoms with E-state index in [-0.39, 0.29) is 5.91 Å². The summed E-state index contributed by atoms with van der Waals surface area (Å²) >= 11 is 0. The predicted octanol–water partition coefficient (Wildman–Crippen LogP) is 3.32. The maximum absolute atomic E-state index is 12.7. The fraction of sp³-hybridized carbons (Fsp3) is 0.182. The van der Waals surface area contributed by atoms with Crippen molar-refractivity contribution in [2.45, 2.75) is 6.42 Å². The van der Waals surface area contributed by atoms with Crippen LogP contribution in [-0.4, -0.2) is 47.4 Å². The van der Waals surface area contributed by atoms with Crippen molar-refractivity contribution >= 4 is 23.3 Å². The first-order valence-corrected chi connectivity index (χ1v) is 9.11. The Morgan fingerprint density at radius 3 is 2.52 bits per heavy atom. The van der Waals surface area contributed by atoms with Crippen molar-refractivity contribution < 1.29 is 14.3 Å². The lowest BCUT2D eigenvalue weighted by molar-refractivity contribution is 0.0600. The molecular formula is C22H22N4O3. The van der Waals surface area contributed by atoms with Crippen molar-refractivity contribution in [3.05, 3.63) is 83.9 Å². The Kier molecular flexibility index (Phi) is 6.52. The molecule has 1 amide bonds. The molecule has 0 fully saturated rings. The molecule has 0 aliphatic heterocycles. The van der Waals surface area contributed by atoms with Gasteiger partial charge in [0.25, 0.3) is 5.91 Å². The summed E-state index contributed by atoms with van der Waals surface area (Å²) in [4.78, 5) is 34.3. The first-order valence-electron chi connectivity index (χ1n) is 9.11. The van der Waals surface area contributed by atoms with E-state index in [1.807, 2.05) is 18.2 Å².